The molecule has 6 atom stereocenters. The summed E-state index contributed by atoms with van der Waals surface area (Å²) in [7, 11) is 0. The van der Waals surface area contributed by atoms with E-state index >= 15 is 0 Å². The minimum Gasteiger partial charge on any atom is -0.369 e. The van der Waals surface area contributed by atoms with Gasteiger partial charge in [-0.05, 0) is 89.2 Å². The van der Waals surface area contributed by atoms with Crippen molar-refractivity contribution >= 4 is 17.5 Å². The molecule has 6 unspecified atom stereocenters. The Hall–Kier alpha value is -1.97. The van der Waals surface area contributed by atoms with Gasteiger partial charge in [-0.3, -0.25) is 14.4 Å². The number of fused-ring (bicyclic) bond motifs is 6. The first kappa shape index (κ1) is 23.8. The van der Waals surface area contributed by atoms with Gasteiger partial charge in [0.15, 0.2) is 11.6 Å². The average Bonchev–Trinajstić information content (AvgIpc) is 2.76. The molecule has 2 N–H and O–H groups in total. The van der Waals surface area contributed by atoms with Crippen LogP contribution in [0.4, 0.5) is 0 Å². The number of allylic oxidation sites excluding steroid dienone is 4. The van der Waals surface area contributed by atoms with Crippen LogP contribution in [0.2, 0.25) is 0 Å². The molecule has 0 aromatic carbocycles. The van der Waals surface area contributed by atoms with Gasteiger partial charge >= 0.3 is 0 Å². The molecular weight excluding hydrogens is 422 g/mol. The molecule has 0 bridgehead atoms. The van der Waals surface area contributed by atoms with Crippen LogP contribution in [-0.4, -0.2) is 17.5 Å². The Balaban J connectivity index is 1.72. The molecule has 4 nitrogen and oxygen atoms in total. The fourth-order valence-electron chi connectivity index (χ4n) is 8.91. The Labute approximate surface area is 204 Å². The normalized spacial score (nSPS) is 41.6. The van der Waals surface area contributed by atoms with Crippen molar-refractivity contribution in [2.45, 2.75) is 80.6 Å². The van der Waals surface area contributed by atoms with Crippen molar-refractivity contribution < 1.29 is 14.4 Å². The highest BCUT2D eigenvalue weighted by atomic mass is 16.1. The van der Waals surface area contributed by atoms with Gasteiger partial charge in [-0.25, -0.2) is 0 Å². The summed E-state index contributed by atoms with van der Waals surface area (Å²) in [6, 6.07) is 0. The number of carbonyl (C=O) groups is 3. The zero-order chi connectivity index (χ0) is 25.0. The molecule has 1 amide bonds. The molecule has 0 radical (unpaired) electrons. The first-order valence-corrected chi connectivity index (χ1v) is 13.2. The average molecular weight is 464 g/mol. The summed E-state index contributed by atoms with van der Waals surface area (Å²) in [6.07, 6.45) is 9.16. The summed E-state index contributed by atoms with van der Waals surface area (Å²) >= 11 is 0. The van der Waals surface area contributed by atoms with Gasteiger partial charge in [-0.1, -0.05) is 60.1 Å². The number of hydrogen-bond donors (Lipinski definition) is 1. The number of hydrogen-bond acceptors (Lipinski definition) is 3. The molecule has 184 valence electrons. The standard InChI is InChI=1S/C30H41NO3/c1-16-19-10-11-21-20-9-8-17-14-18(32)12-13-30(17,26(31)34)22(20)15-23(33)24(21)25(19)28(4,5)29(6,7)27(16,2)3/h12-13,15-17,19-21H,8-11,14H2,1-7H3,(H2,31,34). The second kappa shape index (κ2) is 7.04. The second-order valence-electron chi connectivity index (χ2n) is 13.5. The molecule has 5 aliphatic rings. The van der Waals surface area contributed by atoms with Crippen LogP contribution >= 0.6 is 0 Å². The molecule has 0 spiro atoms. The molecule has 4 heteroatoms. The zero-order valence-electron chi connectivity index (χ0n) is 22.0. The van der Waals surface area contributed by atoms with E-state index in [-0.39, 0.29) is 45.6 Å². The van der Waals surface area contributed by atoms with E-state index in [0.717, 1.165) is 36.8 Å². The number of ketones is 2. The summed E-state index contributed by atoms with van der Waals surface area (Å²) in [5.41, 5.74) is 8.41. The van der Waals surface area contributed by atoms with Gasteiger partial charge in [0.1, 0.15) is 0 Å². The summed E-state index contributed by atoms with van der Waals surface area (Å²) in [6.45, 7) is 16.6. The Morgan fingerprint density at radius 2 is 1.56 bits per heavy atom. The SMILES string of the molecule is CC1C2CCC3C(=C2C(C)(C)C(C)(C)C1(C)C)C(=O)C=C1C3CCC2CC(=O)C=CC12C(N)=O. The maximum atomic E-state index is 14.0. The van der Waals surface area contributed by atoms with Crippen LogP contribution in [0.5, 0.6) is 0 Å². The second-order valence-corrected chi connectivity index (χ2v) is 13.5. The Kier molecular flexibility index (Phi) is 4.92. The van der Waals surface area contributed by atoms with Crippen molar-refractivity contribution in [1.82, 2.24) is 0 Å². The van der Waals surface area contributed by atoms with Gasteiger partial charge in [0.05, 0.1) is 5.41 Å². The van der Waals surface area contributed by atoms with E-state index in [1.165, 1.54) is 11.6 Å². The van der Waals surface area contributed by atoms with Crippen LogP contribution in [0.3, 0.4) is 0 Å². The highest BCUT2D eigenvalue weighted by Crippen LogP contribution is 2.69. The molecular formula is C30H41NO3. The van der Waals surface area contributed by atoms with Gasteiger partial charge in [-0.2, -0.15) is 0 Å². The van der Waals surface area contributed by atoms with E-state index in [1.807, 2.05) is 0 Å². The van der Waals surface area contributed by atoms with Gasteiger partial charge in [0, 0.05) is 12.0 Å². The van der Waals surface area contributed by atoms with Crippen LogP contribution in [-0.2, 0) is 14.4 Å². The zero-order valence-corrected chi connectivity index (χ0v) is 22.0. The van der Waals surface area contributed by atoms with Crippen LogP contribution in [0.15, 0.2) is 34.9 Å². The summed E-state index contributed by atoms with van der Waals surface area (Å²) in [5, 5.41) is 0. The monoisotopic (exact) mass is 463 g/mol. The van der Waals surface area contributed by atoms with Crippen molar-refractivity contribution in [2.75, 3.05) is 0 Å². The number of nitrogens with two attached hydrogens (primary N) is 1. The molecule has 0 saturated heterocycles. The lowest BCUT2D eigenvalue weighted by atomic mass is 9.39. The van der Waals surface area contributed by atoms with Gasteiger partial charge in [0.25, 0.3) is 0 Å². The third-order valence-electron chi connectivity index (χ3n) is 12.2. The van der Waals surface area contributed by atoms with Crippen molar-refractivity contribution in [3.8, 4) is 0 Å². The maximum Gasteiger partial charge on any atom is 0.231 e. The lowest BCUT2D eigenvalue weighted by Gasteiger charge is -2.65. The van der Waals surface area contributed by atoms with E-state index < -0.39 is 11.3 Å². The molecule has 0 aromatic rings. The molecule has 0 aromatic heterocycles. The van der Waals surface area contributed by atoms with Crippen LogP contribution in [0.25, 0.3) is 0 Å². The van der Waals surface area contributed by atoms with Crippen LogP contribution in [0.1, 0.15) is 80.6 Å². The summed E-state index contributed by atoms with van der Waals surface area (Å²) < 4.78 is 0. The van der Waals surface area contributed by atoms with Gasteiger partial charge in [0.2, 0.25) is 5.91 Å². The predicted molar refractivity (Wildman–Crippen MR) is 133 cm³/mol. The quantitative estimate of drug-likeness (QED) is 0.552. The summed E-state index contributed by atoms with van der Waals surface area (Å²) in [5.74, 6) is 0.775. The topological polar surface area (TPSA) is 77.2 Å². The molecule has 0 aliphatic heterocycles. The number of carbonyl (C=O) groups excluding carboxylic acids is 3. The van der Waals surface area contributed by atoms with Gasteiger partial charge in [-0.15, -0.1) is 0 Å². The van der Waals surface area contributed by atoms with E-state index in [1.54, 1.807) is 12.2 Å². The van der Waals surface area contributed by atoms with Crippen molar-refractivity contribution in [2.24, 2.45) is 57.0 Å². The van der Waals surface area contributed by atoms with Crippen molar-refractivity contribution in [1.29, 1.82) is 0 Å². The van der Waals surface area contributed by atoms with Crippen molar-refractivity contribution in [3.63, 3.8) is 0 Å². The third-order valence-corrected chi connectivity index (χ3v) is 12.2. The largest absolute Gasteiger partial charge is 0.369 e. The number of rotatable bonds is 1. The number of primary amides is 1. The molecule has 2 saturated carbocycles. The first-order chi connectivity index (χ1) is 15.7. The highest BCUT2D eigenvalue weighted by Gasteiger charge is 2.63. The highest BCUT2D eigenvalue weighted by molar-refractivity contribution is 6.08. The van der Waals surface area contributed by atoms with E-state index in [0.29, 0.717) is 18.3 Å². The summed E-state index contributed by atoms with van der Waals surface area (Å²) in [4.78, 5) is 39.2. The van der Waals surface area contributed by atoms with Crippen LogP contribution < -0.4 is 5.73 Å². The predicted octanol–water partition coefficient (Wildman–Crippen LogP) is 5.57. The number of amides is 1. The molecule has 5 aliphatic carbocycles. The minimum absolute atomic E-state index is 0.0169. The maximum absolute atomic E-state index is 14.0. The molecule has 34 heavy (non-hydrogen) atoms. The van der Waals surface area contributed by atoms with Gasteiger partial charge < -0.3 is 5.73 Å². The lowest BCUT2D eigenvalue weighted by molar-refractivity contribution is -0.129. The molecule has 2 fully saturated rings. The van der Waals surface area contributed by atoms with E-state index in [9.17, 15) is 14.4 Å². The first-order valence-electron chi connectivity index (χ1n) is 13.2. The molecule has 0 heterocycles. The van der Waals surface area contributed by atoms with E-state index in [2.05, 4.69) is 48.5 Å². The molecule has 5 rings (SSSR count). The fraction of sp³-hybridized carbons (Fsp3) is 0.700. The Morgan fingerprint density at radius 1 is 0.941 bits per heavy atom. The Bertz CT molecular complexity index is 1080. The lowest BCUT2D eigenvalue weighted by Crippen LogP contribution is -2.59. The van der Waals surface area contributed by atoms with Crippen molar-refractivity contribution in [3.05, 3.63) is 34.9 Å². The Morgan fingerprint density at radius 3 is 2.21 bits per heavy atom. The third kappa shape index (κ3) is 2.63. The van der Waals surface area contributed by atoms with Crippen LogP contribution in [0, 0.1) is 51.2 Å². The van der Waals surface area contributed by atoms with E-state index in [4.69, 9.17) is 5.73 Å². The fourth-order valence-corrected chi connectivity index (χ4v) is 8.91. The smallest absolute Gasteiger partial charge is 0.231 e. The minimum atomic E-state index is -0.990.